The van der Waals surface area contributed by atoms with Gasteiger partial charge in [0.25, 0.3) is 0 Å². The van der Waals surface area contributed by atoms with Gasteiger partial charge in [-0.25, -0.2) is 0 Å². The molecule has 0 heterocycles. The Balaban J connectivity index is 2.94. The number of carbonyl (C=O) groups excluding carboxylic acids is 3. The number of phenols is 2. The first-order valence-corrected chi connectivity index (χ1v) is 6.09. The van der Waals surface area contributed by atoms with Crippen LogP contribution in [0.5, 0.6) is 11.5 Å². The zero-order valence-corrected chi connectivity index (χ0v) is 11.3. The summed E-state index contributed by atoms with van der Waals surface area (Å²) in [5, 5.41) is 18.9. The van der Waals surface area contributed by atoms with E-state index in [1.54, 1.807) is 6.92 Å². The summed E-state index contributed by atoms with van der Waals surface area (Å²) in [6.07, 6.45) is -0.412. The van der Waals surface area contributed by atoms with Crippen molar-refractivity contribution in [2.75, 3.05) is 6.61 Å². The largest absolute Gasteiger partial charge is 0.508 e. The van der Waals surface area contributed by atoms with Gasteiger partial charge in [-0.3, -0.25) is 14.4 Å². The molecule has 6 heteroatoms. The number of esters is 1. The van der Waals surface area contributed by atoms with Crippen molar-refractivity contribution >= 4 is 17.5 Å². The van der Waals surface area contributed by atoms with Gasteiger partial charge in [-0.2, -0.15) is 0 Å². The van der Waals surface area contributed by atoms with Gasteiger partial charge in [0.1, 0.15) is 23.2 Å². The predicted molar refractivity (Wildman–Crippen MR) is 69.5 cm³/mol. The SMILES string of the molecule is CCOC(=O)C(CC(=O)c1cc(O)ccc1O)C(C)=O. The third-order valence-corrected chi connectivity index (χ3v) is 2.73. The van der Waals surface area contributed by atoms with Crippen LogP contribution in [0.1, 0.15) is 30.6 Å². The van der Waals surface area contributed by atoms with E-state index in [4.69, 9.17) is 4.74 Å². The van der Waals surface area contributed by atoms with Crippen LogP contribution < -0.4 is 0 Å². The summed E-state index contributed by atoms with van der Waals surface area (Å²) in [6, 6.07) is 3.47. The van der Waals surface area contributed by atoms with E-state index >= 15 is 0 Å². The summed E-state index contributed by atoms with van der Waals surface area (Å²) in [6.45, 7) is 2.89. The molecule has 1 aromatic carbocycles. The lowest BCUT2D eigenvalue weighted by Crippen LogP contribution is -2.27. The third kappa shape index (κ3) is 3.81. The average molecular weight is 280 g/mol. The zero-order valence-electron chi connectivity index (χ0n) is 11.3. The molecule has 0 amide bonds. The highest BCUT2D eigenvalue weighted by molar-refractivity contribution is 6.06. The van der Waals surface area contributed by atoms with Crippen LogP contribution in [0, 0.1) is 5.92 Å². The smallest absolute Gasteiger partial charge is 0.316 e. The quantitative estimate of drug-likeness (QED) is 0.354. The fourth-order valence-corrected chi connectivity index (χ4v) is 1.68. The molecule has 0 aliphatic rings. The number of hydrogen-bond acceptors (Lipinski definition) is 6. The monoisotopic (exact) mass is 280 g/mol. The molecule has 0 bridgehead atoms. The highest BCUT2D eigenvalue weighted by Gasteiger charge is 2.28. The zero-order chi connectivity index (χ0) is 15.3. The highest BCUT2D eigenvalue weighted by Crippen LogP contribution is 2.25. The molecular weight excluding hydrogens is 264 g/mol. The molecule has 0 saturated carbocycles. The molecule has 0 fully saturated rings. The number of ketones is 2. The van der Waals surface area contributed by atoms with Gasteiger partial charge in [-0.05, 0) is 32.0 Å². The van der Waals surface area contributed by atoms with Crippen molar-refractivity contribution in [3.05, 3.63) is 23.8 Å². The van der Waals surface area contributed by atoms with E-state index in [9.17, 15) is 24.6 Å². The number of benzene rings is 1. The van der Waals surface area contributed by atoms with Crippen LogP contribution in [-0.2, 0) is 14.3 Å². The maximum atomic E-state index is 12.0. The molecular formula is C14H16O6. The summed E-state index contributed by atoms with van der Waals surface area (Å²) < 4.78 is 4.73. The van der Waals surface area contributed by atoms with Crippen molar-refractivity contribution in [3.8, 4) is 11.5 Å². The van der Waals surface area contributed by atoms with Crippen LogP contribution >= 0.6 is 0 Å². The van der Waals surface area contributed by atoms with Crippen LogP contribution in [0.4, 0.5) is 0 Å². The summed E-state index contributed by atoms with van der Waals surface area (Å²) in [7, 11) is 0. The Hall–Kier alpha value is -2.37. The molecule has 0 aliphatic heterocycles. The highest BCUT2D eigenvalue weighted by atomic mass is 16.5. The number of ether oxygens (including phenoxy) is 1. The minimum Gasteiger partial charge on any atom is -0.508 e. The van der Waals surface area contributed by atoms with Gasteiger partial charge < -0.3 is 14.9 Å². The van der Waals surface area contributed by atoms with E-state index in [-0.39, 0.29) is 23.7 Å². The normalized spacial score (nSPS) is 11.7. The van der Waals surface area contributed by atoms with Crippen LogP contribution in [0.2, 0.25) is 0 Å². The van der Waals surface area contributed by atoms with Crippen molar-refractivity contribution in [2.24, 2.45) is 5.92 Å². The van der Waals surface area contributed by atoms with E-state index in [1.807, 2.05) is 0 Å². The molecule has 0 spiro atoms. The molecule has 0 aliphatic carbocycles. The minimum absolute atomic E-state index is 0.105. The standard InChI is InChI=1S/C14H16O6/c1-3-20-14(19)10(8(2)15)7-13(18)11-6-9(16)4-5-12(11)17/h4-6,10,16-17H,3,7H2,1-2H3. The first-order chi connectivity index (χ1) is 9.36. The maximum absolute atomic E-state index is 12.0. The second-order valence-electron chi connectivity index (χ2n) is 4.24. The molecule has 0 aromatic heterocycles. The van der Waals surface area contributed by atoms with Crippen LogP contribution in [0.25, 0.3) is 0 Å². The predicted octanol–water partition coefficient (Wildman–Crippen LogP) is 1.44. The second-order valence-corrected chi connectivity index (χ2v) is 4.24. The Bertz CT molecular complexity index is 534. The van der Waals surface area contributed by atoms with E-state index in [0.717, 1.165) is 12.1 Å². The summed E-state index contributed by atoms with van der Waals surface area (Å²) in [5.41, 5.74) is -0.138. The van der Waals surface area contributed by atoms with E-state index < -0.39 is 29.9 Å². The van der Waals surface area contributed by atoms with Crippen molar-refractivity contribution in [2.45, 2.75) is 20.3 Å². The van der Waals surface area contributed by atoms with Crippen molar-refractivity contribution in [1.82, 2.24) is 0 Å². The molecule has 1 atom stereocenters. The molecule has 1 aromatic rings. The number of phenolic OH excluding ortho intramolecular Hbond substituents is 2. The number of hydrogen-bond donors (Lipinski definition) is 2. The van der Waals surface area contributed by atoms with Gasteiger partial charge >= 0.3 is 5.97 Å². The van der Waals surface area contributed by atoms with Crippen molar-refractivity contribution in [3.63, 3.8) is 0 Å². The summed E-state index contributed by atoms with van der Waals surface area (Å²) in [4.78, 5) is 35.0. The lowest BCUT2D eigenvalue weighted by atomic mass is 9.94. The first kappa shape index (κ1) is 15.7. The number of aromatic hydroxyl groups is 2. The van der Waals surface area contributed by atoms with Crippen LogP contribution in [-0.4, -0.2) is 34.4 Å². The molecule has 2 N–H and O–H groups in total. The first-order valence-electron chi connectivity index (χ1n) is 6.09. The summed E-state index contributed by atoms with van der Waals surface area (Å²) >= 11 is 0. The fraction of sp³-hybridized carbons (Fsp3) is 0.357. The van der Waals surface area contributed by atoms with Gasteiger partial charge in [-0.1, -0.05) is 0 Å². The lowest BCUT2D eigenvalue weighted by Gasteiger charge is -2.12. The van der Waals surface area contributed by atoms with Gasteiger partial charge in [0.15, 0.2) is 5.78 Å². The topological polar surface area (TPSA) is 101 Å². The Morgan fingerprint density at radius 3 is 2.45 bits per heavy atom. The lowest BCUT2D eigenvalue weighted by molar-refractivity contribution is -0.151. The molecule has 0 radical (unpaired) electrons. The van der Waals surface area contributed by atoms with Crippen LogP contribution in [0.3, 0.4) is 0 Å². The van der Waals surface area contributed by atoms with E-state index in [2.05, 4.69) is 0 Å². The molecule has 108 valence electrons. The molecule has 1 rings (SSSR count). The molecule has 1 unspecified atom stereocenters. The Kier molecular flexibility index (Phi) is 5.25. The van der Waals surface area contributed by atoms with Crippen molar-refractivity contribution in [1.29, 1.82) is 0 Å². The second kappa shape index (κ2) is 6.70. The van der Waals surface area contributed by atoms with E-state index in [1.165, 1.54) is 13.0 Å². The van der Waals surface area contributed by atoms with Gasteiger partial charge in [0.05, 0.1) is 12.2 Å². The fourth-order valence-electron chi connectivity index (χ4n) is 1.68. The molecule has 0 saturated heterocycles. The maximum Gasteiger partial charge on any atom is 0.316 e. The summed E-state index contributed by atoms with van der Waals surface area (Å²) in [5.74, 6) is -3.60. The van der Waals surface area contributed by atoms with Gasteiger partial charge in [-0.15, -0.1) is 0 Å². The Labute approximate surface area is 116 Å². The third-order valence-electron chi connectivity index (χ3n) is 2.73. The van der Waals surface area contributed by atoms with Gasteiger partial charge in [0.2, 0.25) is 0 Å². The minimum atomic E-state index is -1.20. The van der Waals surface area contributed by atoms with Crippen LogP contribution in [0.15, 0.2) is 18.2 Å². The van der Waals surface area contributed by atoms with Gasteiger partial charge in [0, 0.05) is 6.42 Å². The Morgan fingerprint density at radius 2 is 1.90 bits per heavy atom. The number of carbonyl (C=O) groups is 3. The average Bonchev–Trinajstić information content (AvgIpc) is 2.38. The Morgan fingerprint density at radius 1 is 1.25 bits per heavy atom. The van der Waals surface area contributed by atoms with E-state index in [0.29, 0.717) is 0 Å². The molecule has 6 nitrogen and oxygen atoms in total. The molecule has 20 heavy (non-hydrogen) atoms. The number of rotatable bonds is 6. The van der Waals surface area contributed by atoms with Crippen molar-refractivity contribution < 1.29 is 29.3 Å². The number of Topliss-reactive ketones (excluding diaryl/α,β-unsaturated/α-hetero) is 2.